The lowest BCUT2D eigenvalue weighted by molar-refractivity contribution is -0.0923. The molecule has 1 saturated heterocycles. The van der Waals surface area contributed by atoms with Gasteiger partial charge in [-0.2, -0.15) is 0 Å². The summed E-state index contributed by atoms with van der Waals surface area (Å²) in [5.74, 6) is 0. The van der Waals surface area contributed by atoms with Crippen molar-refractivity contribution in [1.82, 2.24) is 0 Å². The van der Waals surface area contributed by atoms with Crippen LogP contribution in [-0.2, 0) is 4.74 Å². The van der Waals surface area contributed by atoms with Crippen molar-refractivity contribution in [2.45, 2.75) is 37.6 Å². The van der Waals surface area contributed by atoms with Gasteiger partial charge >= 0.3 is 0 Å². The molecule has 0 saturated carbocycles. The molecule has 0 aromatic heterocycles. The van der Waals surface area contributed by atoms with Crippen LogP contribution in [0.2, 0.25) is 0 Å². The Balaban J connectivity index is 2.15. The molecule has 0 aromatic rings. The van der Waals surface area contributed by atoms with E-state index in [2.05, 4.69) is 0 Å². The molecular weight excluding hydrogens is 128 g/mol. The van der Waals surface area contributed by atoms with E-state index in [0.29, 0.717) is 0 Å². The Labute approximate surface area is 60.5 Å². The normalized spacial score (nSPS) is 51.8. The van der Waals surface area contributed by atoms with Crippen molar-refractivity contribution in [3.63, 3.8) is 0 Å². The zero-order valence-electron chi connectivity index (χ0n) is 6.08. The van der Waals surface area contributed by atoms with Crippen LogP contribution in [0.15, 0.2) is 12.2 Å². The van der Waals surface area contributed by atoms with Crippen LogP contribution in [0.1, 0.15) is 19.8 Å². The van der Waals surface area contributed by atoms with Gasteiger partial charge in [0.05, 0.1) is 17.8 Å². The Morgan fingerprint density at radius 3 is 2.40 bits per heavy atom. The van der Waals surface area contributed by atoms with Crippen LogP contribution >= 0.6 is 0 Å². The fourth-order valence-corrected chi connectivity index (χ4v) is 1.75. The van der Waals surface area contributed by atoms with E-state index >= 15 is 0 Å². The van der Waals surface area contributed by atoms with E-state index in [1.807, 2.05) is 19.1 Å². The fourth-order valence-electron chi connectivity index (χ4n) is 1.75. The topological polar surface area (TPSA) is 29.5 Å². The molecule has 2 bridgehead atoms. The molecule has 2 aliphatic rings. The summed E-state index contributed by atoms with van der Waals surface area (Å²) >= 11 is 0. The van der Waals surface area contributed by atoms with Gasteiger partial charge in [0, 0.05) is 12.8 Å². The van der Waals surface area contributed by atoms with Crippen LogP contribution in [0.25, 0.3) is 0 Å². The Morgan fingerprint density at radius 1 is 1.40 bits per heavy atom. The molecule has 0 aliphatic carbocycles. The zero-order valence-corrected chi connectivity index (χ0v) is 6.08. The number of aliphatic hydroxyl groups is 1. The summed E-state index contributed by atoms with van der Waals surface area (Å²) in [5, 5.41) is 9.64. The molecule has 0 aromatic carbocycles. The number of hydrogen-bond acceptors (Lipinski definition) is 2. The highest BCUT2D eigenvalue weighted by molar-refractivity contribution is 5.09. The Kier molecular flexibility index (Phi) is 1.17. The molecule has 10 heavy (non-hydrogen) atoms. The first-order valence-corrected chi connectivity index (χ1v) is 3.72. The van der Waals surface area contributed by atoms with E-state index in [4.69, 9.17) is 4.74 Å². The van der Waals surface area contributed by atoms with E-state index in [1.165, 1.54) is 0 Å². The molecule has 2 rings (SSSR count). The van der Waals surface area contributed by atoms with Gasteiger partial charge in [0.25, 0.3) is 0 Å². The minimum atomic E-state index is -0.503. The molecule has 0 amide bonds. The van der Waals surface area contributed by atoms with Crippen molar-refractivity contribution in [3.05, 3.63) is 12.2 Å². The largest absolute Gasteiger partial charge is 0.390 e. The molecule has 2 nitrogen and oxygen atoms in total. The molecule has 3 atom stereocenters. The summed E-state index contributed by atoms with van der Waals surface area (Å²) in [5.41, 5.74) is -0.503. The maximum atomic E-state index is 9.64. The van der Waals surface area contributed by atoms with Crippen LogP contribution < -0.4 is 0 Å². The first-order chi connectivity index (χ1) is 4.66. The van der Waals surface area contributed by atoms with E-state index in [0.717, 1.165) is 12.8 Å². The average Bonchev–Trinajstić information content (AvgIpc) is 2.08. The quantitative estimate of drug-likeness (QED) is 0.505. The van der Waals surface area contributed by atoms with Gasteiger partial charge < -0.3 is 9.84 Å². The van der Waals surface area contributed by atoms with Crippen LogP contribution in [0.5, 0.6) is 0 Å². The second kappa shape index (κ2) is 1.83. The van der Waals surface area contributed by atoms with E-state index < -0.39 is 5.60 Å². The van der Waals surface area contributed by atoms with Gasteiger partial charge in [-0.05, 0) is 6.92 Å². The lowest BCUT2D eigenvalue weighted by Gasteiger charge is -2.33. The average molecular weight is 140 g/mol. The van der Waals surface area contributed by atoms with Crippen molar-refractivity contribution in [2.24, 2.45) is 0 Å². The summed E-state index contributed by atoms with van der Waals surface area (Å²) in [6.45, 7) is 1.88. The second-order valence-electron chi connectivity index (χ2n) is 3.50. The third-order valence-electron chi connectivity index (χ3n) is 2.17. The maximum absolute atomic E-state index is 9.64. The van der Waals surface area contributed by atoms with Crippen molar-refractivity contribution in [1.29, 1.82) is 0 Å². The predicted octanol–water partition coefficient (Wildman–Crippen LogP) is 0.855. The molecule has 1 N–H and O–H groups in total. The van der Waals surface area contributed by atoms with Gasteiger partial charge in [-0.25, -0.2) is 0 Å². The predicted molar refractivity (Wildman–Crippen MR) is 37.7 cm³/mol. The first-order valence-electron chi connectivity index (χ1n) is 3.72. The monoisotopic (exact) mass is 140 g/mol. The SMILES string of the molecule is C[C@]1(O)C[C@H]2C=C[C@@H](C1)O2. The Hall–Kier alpha value is -0.340. The minimum Gasteiger partial charge on any atom is -0.390 e. The molecule has 0 spiro atoms. The van der Waals surface area contributed by atoms with E-state index in [1.54, 1.807) is 0 Å². The van der Waals surface area contributed by atoms with Crippen molar-refractivity contribution < 1.29 is 9.84 Å². The van der Waals surface area contributed by atoms with Gasteiger partial charge in [0.1, 0.15) is 0 Å². The lowest BCUT2D eigenvalue weighted by Crippen LogP contribution is -2.38. The molecule has 1 fully saturated rings. The van der Waals surface area contributed by atoms with Crippen LogP contribution in [0.3, 0.4) is 0 Å². The highest BCUT2D eigenvalue weighted by Crippen LogP contribution is 2.33. The Morgan fingerprint density at radius 2 is 1.90 bits per heavy atom. The summed E-state index contributed by atoms with van der Waals surface area (Å²) in [6, 6.07) is 0. The molecule has 0 radical (unpaired) electrons. The first kappa shape index (κ1) is 6.38. The van der Waals surface area contributed by atoms with Crippen LogP contribution in [0.4, 0.5) is 0 Å². The number of fused-ring (bicyclic) bond motifs is 2. The molecule has 56 valence electrons. The van der Waals surface area contributed by atoms with E-state index in [9.17, 15) is 5.11 Å². The van der Waals surface area contributed by atoms with Crippen LogP contribution in [-0.4, -0.2) is 22.9 Å². The van der Waals surface area contributed by atoms with Gasteiger partial charge in [-0.1, -0.05) is 12.2 Å². The highest BCUT2D eigenvalue weighted by atomic mass is 16.5. The summed E-state index contributed by atoms with van der Waals surface area (Å²) in [4.78, 5) is 0. The number of rotatable bonds is 0. The standard InChI is InChI=1S/C8H12O2/c1-8(9)4-6-2-3-7(5-8)10-6/h2-3,6-7,9H,4-5H2,1H3/t6-,7+,8+. The molecule has 2 aliphatic heterocycles. The van der Waals surface area contributed by atoms with Gasteiger partial charge in [0.15, 0.2) is 0 Å². The third-order valence-corrected chi connectivity index (χ3v) is 2.17. The van der Waals surface area contributed by atoms with Gasteiger partial charge in [0.2, 0.25) is 0 Å². The van der Waals surface area contributed by atoms with Crippen molar-refractivity contribution >= 4 is 0 Å². The highest BCUT2D eigenvalue weighted by Gasteiger charge is 2.37. The fraction of sp³-hybridized carbons (Fsp3) is 0.750. The molecule has 2 heteroatoms. The zero-order chi connectivity index (χ0) is 7.19. The van der Waals surface area contributed by atoms with E-state index in [-0.39, 0.29) is 12.2 Å². The molecule has 0 unspecified atom stereocenters. The minimum absolute atomic E-state index is 0.175. The molecular formula is C8H12O2. The summed E-state index contributed by atoms with van der Waals surface area (Å²) in [7, 11) is 0. The second-order valence-corrected chi connectivity index (χ2v) is 3.50. The Bertz CT molecular complexity index is 156. The van der Waals surface area contributed by atoms with Crippen molar-refractivity contribution in [2.75, 3.05) is 0 Å². The number of hydrogen-bond donors (Lipinski definition) is 1. The van der Waals surface area contributed by atoms with Gasteiger partial charge in [-0.15, -0.1) is 0 Å². The summed E-state index contributed by atoms with van der Waals surface area (Å²) < 4.78 is 5.46. The lowest BCUT2D eigenvalue weighted by atomic mass is 9.92. The number of ether oxygens (including phenoxy) is 1. The summed E-state index contributed by atoms with van der Waals surface area (Å²) in [6.07, 6.45) is 5.95. The molecule has 2 heterocycles. The maximum Gasteiger partial charge on any atom is 0.0792 e. The van der Waals surface area contributed by atoms with Gasteiger partial charge in [-0.3, -0.25) is 0 Å². The van der Waals surface area contributed by atoms with Crippen LogP contribution in [0, 0.1) is 0 Å². The van der Waals surface area contributed by atoms with Crippen molar-refractivity contribution in [3.8, 4) is 0 Å². The smallest absolute Gasteiger partial charge is 0.0792 e. The third kappa shape index (κ3) is 0.976.